The maximum absolute atomic E-state index is 12.1. The van der Waals surface area contributed by atoms with Crippen LogP contribution in [0.15, 0.2) is 36.9 Å². The van der Waals surface area contributed by atoms with Crippen LogP contribution in [0.5, 0.6) is 0 Å². The van der Waals surface area contributed by atoms with Gasteiger partial charge in [-0.15, -0.1) is 0 Å². The van der Waals surface area contributed by atoms with Crippen LogP contribution in [-0.2, 0) is 16.6 Å². The molecule has 3 aromatic rings. The average Bonchev–Trinajstić information content (AvgIpc) is 3.25. The first-order chi connectivity index (χ1) is 11.7. The lowest BCUT2D eigenvalue weighted by molar-refractivity contribution is -0.124. The standard InChI is InChI=1S/C17H17N5O2/c1-22-10-18-9-14(22)11-4-5-12-8-19-17(20-13(12)7-11)21-16(23)15-3-2-6-24-15/h4-5,7-10,15H,2-3,6H2,1H3,(H,19,20,21,23). The number of amides is 1. The molecule has 0 saturated carbocycles. The Kier molecular flexibility index (Phi) is 3.70. The molecule has 0 aliphatic carbocycles. The van der Waals surface area contributed by atoms with Gasteiger partial charge < -0.3 is 9.30 Å². The number of nitrogens with one attached hydrogen (secondary N) is 1. The Bertz CT molecular complexity index is 899. The highest BCUT2D eigenvalue weighted by molar-refractivity contribution is 5.94. The number of hydrogen-bond donors (Lipinski definition) is 1. The summed E-state index contributed by atoms with van der Waals surface area (Å²) in [5, 5.41) is 3.65. The Balaban J connectivity index is 1.64. The maximum Gasteiger partial charge on any atom is 0.255 e. The number of fused-ring (bicyclic) bond motifs is 1. The highest BCUT2D eigenvalue weighted by Crippen LogP contribution is 2.23. The van der Waals surface area contributed by atoms with Crippen molar-refractivity contribution in [2.24, 2.45) is 7.05 Å². The predicted octanol–water partition coefficient (Wildman–Crippen LogP) is 2.15. The predicted molar refractivity (Wildman–Crippen MR) is 89.3 cm³/mol. The number of rotatable bonds is 3. The molecule has 1 unspecified atom stereocenters. The summed E-state index contributed by atoms with van der Waals surface area (Å²) in [5.41, 5.74) is 2.78. The first kappa shape index (κ1) is 14.8. The van der Waals surface area contributed by atoms with Crippen molar-refractivity contribution in [2.45, 2.75) is 18.9 Å². The summed E-state index contributed by atoms with van der Waals surface area (Å²) in [6.45, 7) is 0.630. The van der Waals surface area contributed by atoms with E-state index in [0.29, 0.717) is 12.6 Å². The zero-order valence-electron chi connectivity index (χ0n) is 13.3. The third-order valence-corrected chi connectivity index (χ3v) is 4.15. The minimum atomic E-state index is -0.398. The van der Waals surface area contributed by atoms with E-state index in [1.54, 1.807) is 12.5 Å². The molecule has 4 rings (SSSR count). The van der Waals surface area contributed by atoms with E-state index >= 15 is 0 Å². The van der Waals surface area contributed by atoms with E-state index in [0.717, 1.165) is 35.0 Å². The normalized spacial score (nSPS) is 17.3. The van der Waals surface area contributed by atoms with E-state index < -0.39 is 6.10 Å². The molecule has 2 aromatic heterocycles. The Morgan fingerprint density at radius 2 is 2.29 bits per heavy atom. The molecule has 1 N–H and O–H groups in total. The number of nitrogens with zero attached hydrogens (tertiary/aromatic N) is 4. The number of ether oxygens (including phenoxy) is 1. The minimum Gasteiger partial charge on any atom is -0.368 e. The molecule has 1 saturated heterocycles. The van der Waals surface area contributed by atoms with Gasteiger partial charge in [0.15, 0.2) is 0 Å². The third kappa shape index (κ3) is 2.74. The maximum atomic E-state index is 12.1. The molecule has 1 aliphatic rings. The third-order valence-electron chi connectivity index (χ3n) is 4.15. The van der Waals surface area contributed by atoms with Crippen LogP contribution in [0.1, 0.15) is 12.8 Å². The van der Waals surface area contributed by atoms with Gasteiger partial charge in [0.1, 0.15) is 6.10 Å². The number of carbonyl (C=O) groups excluding carboxylic acids is 1. The highest BCUT2D eigenvalue weighted by Gasteiger charge is 2.24. The van der Waals surface area contributed by atoms with Crippen molar-refractivity contribution < 1.29 is 9.53 Å². The van der Waals surface area contributed by atoms with Gasteiger partial charge >= 0.3 is 0 Å². The smallest absolute Gasteiger partial charge is 0.255 e. The molecule has 1 aromatic carbocycles. The zero-order chi connectivity index (χ0) is 16.5. The number of carbonyl (C=O) groups is 1. The first-order valence-electron chi connectivity index (χ1n) is 7.87. The van der Waals surface area contributed by atoms with Crippen LogP contribution < -0.4 is 5.32 Å². The van der Waals surface area contributed by atoms with Crippen LogP contribution in [-0.4, -0.2) is 38.1 Å². The van der Waals surface area contributed by atoms with Gasteiger partial charge in [0, 0.05) is 30.8 Å². The molecule has 1 fully saturated rings. The van der Waals surface area contributed by atoms with Crippen molar-refractivity contribution in [2.75, 3.05) is 11.9 Å². The van der Waals surface area contributed by atoms with Gasteiger partial charge in [-0.25, -0.2) is 15.0 Å². The Hall–Kier alpha value is -2.80. The number of aromatic nitrogens is 4. The second-order valence-corrected chi connectivity index (χ2v) is 5.85. The quantitative estimate of drug-likeness (QED) is 0.798. The van der Waals surface area contributed by atoms with E-state index in [4.69, 9.17) is 4.74 Å². The summed E-state index contributed by atoms with van der Waals surface area (Å²) in [7, 11) is 1.94. The number of imidazole rings is 1. The summed E-state index contributed by atoms with van der Waals surface area (Å²) in [6, 6.07) is 5.94. The van der Waals surface area contributed by atoms with E-state index in [1.165, 1.54) is 0 Å². The Morgan fingerprint density at radius 3 is 3.04 bits per heavy atom. The Labute approximate surface area is 138 Å². The fourth-order valence-electron chi connectivity index (χ4n) is 2.85. The second kappa shape index (κ2) is 6.01. The molecule has 1 atom stereocenters. The van der Waals surface area contributed by atoms with Crippen molar-refractivity contribution in [1.82, 2.24) is 19.5 Å². The van der Waals surface area contributed by atoms with Gasteiger partial charge in [-0.05, 0) is 18.9 Å². The number of benzene rings is 1. The van der Waals surface area contributed by atoms with Crippen LogP contribution in [0.2, 0.25) is 0 Å². The van der Waals surface area contributed by atoms with Gasteiger partial charge in [0.2, 0.25) is 5.95 Å². The summed E-state index contributed by atoms with van der Waals surface area (Å²) < 4.78 is 7.33. The number of aryl methyl sites for hydroxylation is 1. The lowest BCUT2D eigenvalue weighted by Crippen LogP contribution is -2.27. The molecular weight excluding hydrogens is 306 g/mol. The molecule has 0 radical (unpaired) electrons. The zero-order valence-corrected chi connectivity index (χ0v) is 13.3. The number of hydrogen-bond acceptors (Lipinski definition) is 5. The van der Waals surface area contributed by atoms with Gasteiger partial charge in [-0.2, -0.15) is 0 Å². The van der Waals surface area contributed by atoms with Crippen LogP contribution >= 0.6 is 0 Å². The van der Waals surface area contributed by atoms with Crippen molar-refractivity contribution in [3.05, 3.63) is 36.9 Å². The van der Waals surface area contributed by atoms with Gasteiger partial charge in [0.25, 0.3) is 5.91 Å². The molecule has 0 spiro atoms. The molecule has 1 amide bonds. The fraction of sp³-hybridized carbons (Fsp3) is 0.294. The molecular formula is C17H17N5O2. The van der Waals surface area contributed by atoms with E-state index in [-0.39, 0.29) is 5.91 Å². The summed E-state index contributed by atoms with van der Waals surface area (Å²) in [4.78, 5) is 24.9. The second-order valence-electron chi connectivity index (χ2n) is 5.85. The SMILES string of the molecule is Cn1cncc1-c1ccc2cnc(NC(=O)C3CCCO3)nc2c1. The molecule has 24 heavy (non-hydrogen) atoms. The van der Waals surface area contributed by atoms with Gasteiger partial charge in [0.05, 0.1) is 23.7 Å². The molecule has 7 nitrogen and oxygen atoms in total. The lowest BCUT2D eigenvalue weighted by atomic mass is 10.1. The molecule has 0 bridgehead atoms. The molecule has 122 valence electrons. The Morgan fingerprint density at radius 1 is 1.38 bits per heavy atom. The molecule has 3 heterocycles. The van der Waals surface area contributed by atoms with Crippen molar-refractivity contribution >= 4 is 22.8 Å². The fourth-order valence-corrected chi connectivity index (χ4v) is 2.85. The van der Waals surface area contributed by atoms with Crippen molar-refractivity contribution in [1.29, 1.82) is 0 Å². The highest BCUT2D eigenvalue weighted by atomic mass is 16.5. The first-order valence-corrected chi connectivity index (χ1v) is 7.87. The monoisotopic (exact) mass is 323 g/mol. The summed E-state index contributed by atoms with van der Waals surface area (Å²) >= 11 is 0. The van der Waals surface area contributed by atoms with Crippen LogP contribution in [0.25, 0.3) is 22.2 Å². The van der Waals surface area contributed by atoms with E-state index in [1.807, 2.05) is 36.0 Å². The van der Waals surface area contributed by atoms with Gasteiger partial charge in [-0.3, -0.25) is 10.1 Å². The van der Waals surface area contributed by atoms with E-state index in [2.05, 4.69) is 20.3 Å². The summed E-state index contributed by atoms with van der Waals surface area (Å²) in [5.74, 6) is 0.111. The number of anilines is 1. The van der Waals surface area contributed by atoms with Gasteiger partial charge in [-0.1, -0.05) is 12.1 Å². The average molecular weight is 323 g/mol. The van der Waals surface area contributed by atoms with Crippen LogP contribution in [0.3, 0.4) is 0 Å². The largest absolute Gasteiger partial charge is 0.368 e. The topological polar surface area (TPSA) is 81.9 Å². The van der Waals surface area contributed by atoms with E-state index in [9.17, 15) is 4.79 Å². The van der Waals surface area contributed by atoms with Crippen molar-refractivity contribution in [3.63, 3.8) is 0 Å². The van der Waals surface area contributed by atoms with Crippen molar-refractivity contribution in [3.8, 4) is 11.3 Å². The molecule has 1 aliphatic heterocycles. The summed E-state index contributed by atoms with van der Waals surface area (Å²) in [6.07, 6.45) is 6.52. The van der Waals surface area contributed by atoms with Crippen LogP contribution in [0, 0.1) is 0 Å². The van der Waals surface area contributed by atoms with Crippen LogP contribution in [0.4, 0.5) is 5.95 Å². The molecule has 7 heteroatoms. The lowest BCUT2D eigenvalue weighted by Gasteiger charge is -2.10. The minimum absolute atomic E-state index is 0.186.